The van der Waals surface area contributed by atoms with Gasteiger partial charge < -0.3 is 14.6 Å². The molecule has 0 saturated heterocycles. The molecule has 5 nitrogen and oxygen atoms in total. The number of hydrogen-bond donors (Lipinski definition) is 1. The number of aliphatic hydroxyl groups is 1. The highest BCUT2D eigenvalue weighted by atomic mass is 16.5. The number of aliphatic hydroxyl groups excluding tert-OH is 1. The van der Waals surface area contributed by atoms with Gasteiger partial charge in [-0.05, 0) is 74.5 Å². The minimum Gasteiger partial charge on any atom is -0.462 e. The van der Waals surface area contributed by atoms with E-state index in [4.69, 9.17) is 9.47 Å². The SMILES string of the molecule is C=C1CCCC2[C@](C)(CC/C(C)=C/CC(O)C3=CC(=O)OC3)[C@@H](C)C(OC(C)=O)C[C@]12C. The van der Waals surface area contributed by atoms with Crippen LogP contribution in [0, 0.1) is 22.7 Å². The van der Waals surface area contributed by atoms with E-state index < -0.39 is 6.10 Å². The summed E-state index contributed by atoms with van der Waals surface area (Å²) in [6.45, 7) is 15.2. The maximum atomic E-state index is 11.8. The maximum absolute atomic E-state index is 11.8. The van der Waals surface area contributed by atoms with Gasteiger partial charge in [0, 0.05) is 18.6 Å². The predicted molar refractivity (Wildman–Crippen MR) is 125 cm³/mol. The zero-order chi connectivity index (χ0) is 23.7. The highest BCUT2D eigenvalue weighted by Gasteiger charge is 2.57. The van der Waals surface area contributed by atoms with Crippen LogP contribution in [0.25, 0.3) is 0 Å². The fraction of sp³-hybridized carbons (Fsp3) is 0.704. The molecule has 32 heavy (non-hydrogen) atoms. The van der Waals surface area contributed by atoms with Gasteiger partial charge in [-0.1, -0.05) is 44.6 Å². The van der Waals surface area contributed by atoms with Crippen LogP contribution in [0.3, 0.4) is 0 Å². The molecule has 0 spiro atoms. The smallest absolute Gasteiger partial charge is 0.331 e. The molecule has 0 bridgehead atoms. The normalized spacial score (nSPS) is 36.2. The van der Waals surface area contributed by atoms with E-state index in [1.807, 2.05) is 0 Å². The number of esters is 2. The number of allylic oxidation sites excluding steroid dienone is 2. The van der Waals surface area contributed by atoms with Crippen LogP contribution >= 0.6 is 0 Å². The molecular formula is C27H40O5. The average Bonchev–Trinajstić information content (AvgIpc) is 3.16. The lowest BCUT2D eigenvalue weighted by molar-refractivity contribution is -0.171. The third-order valence-corrected chi connectivity index (χ3v) is 8.74. The topological polar surface area (TPSA) is 72.8 Å². The number of hydrogen-bond acceptors (Lipinski definition) is 5. The van der Waals surface area contributed by atoms with E-state index in [-0.39, 0.29) is 41.4 Å². The molecule has 0 aromatic heterocycles. The highest BCUT2D eigenvalue weighted by molar-refractivity contribution is 5.85. The lowest BCUT2D eigenvalue weighted by atomic mass is 9.45. The summed E-state index contributed by atoms with van der Waals surface area (Å²) >= 11 is 0. The molecule has 2 fully saturated rings. The molecular weight excluding hydrogens is 404 g/mol. The number of carbonyl (C=O) groups is 2. The largest absolute Gasteiger partial charge is 0.462 e. The molecule has 0 aromatic carbocycles. The Morgan fingerprint density at radius 1 is 1.41 bits per heavy atom. The summed E-state index contributed by atoms with van der Waals surface area (Å²) in [7, 11) is 0. The third-order valence-electron chi connectivity index (χ3n) is 8.74. The number of cyclic esters (lactones) is 1. The quantitative estimate of drug-likeness (QED) is 0.427. The van der Waals surface area contributed by atoms with Gasteiger partial charge in [-0.3, -0.25) is 4.79 Å². The zero-order valence-corrected chi connectivity index (χ0v) is 20.4. The number of fused-ring (bicyclic) bond motifs is 1. The van der Waals surface area contributed by atoms with E-state index in [0.29, 0.717) is 17.9 Å². The van der Waals surface area contributed by atoms with Crippen LogP contribution in [0.15, 0.2) is 35.5 Å². The summed E-state index contributed by atoms with van der Waals surface area (Å²) in [6.07, 6.45) is 9.39. The Morgan fingerprint density at radius 3 is 2.75 bits per heavy atom. The molecule has 1 aliphatic heterocycles. The van der Waals surface area contributed by atoms with E-state index in [1.165, 1.54) is 37.0 Å². The van der Waals surface area contributed by atoms with Crippen molar-refractivity contribution in [1.82, 2.24) is 0 Å². The monoisotopic (exact) mass is 444 g/mol. The van der Waals surface area contributed by atoms with Crippen molar-refractivity contribution < 1.29 is 24.2 Å². The average molecular weight is 445 g/mol. The molecule has 1 N–H and O–H groups in total. The van der Waals surface area contributed by atoms with Gasteiger partial charge in [-0.25, -0.2) is 4.79 Å². The second-order valence-corrected chi connectivity index (χ2v) is 10.7. The molecule has 5 heteroatoms. The summed E-state index contributed by atoms with van der Waals surface area (Å²) in [4.78, 5) is 23.1. The van der Waals surface area contributed by atoms with E-state index in [1.54, 1.807) is 0 Å². The lowest BCUT2D eigenvalue weighted by Crippen LogP contribution is -2.56. The summed E-state index contributed by atoms with van der Waals surface area (Å²) < 4.78 is 10.7. The first-order valence-corrected chi connectivity index (χ1v) is 12.0. The predicted octanol–water partition coefficient (Wildman–Crippen LogP) is 5.29. The Hall–Kier alpha value is -1.88. The van der Waals surface area contributed by atoms with Crippen LogP contribution in [-0.4, -0.2) is 35.9 Å². The van der Waals surface area contributed by atoms with Gasteiger partial charge in [0.1, 0.15) is 12.7 Å². The molecule has 6 atom stereocenters. The minimum atomic E-state index is -0.682. The molecule has 3 rings (SSSR count). The zero-order valence-electron chi connectivity index (χ0n) is 20.4. The van der Waals surface area contributed by atoms with Crippen molar-refractivity contribution in [3.63, 3.8) is 0 Å². The van der Waals surface area contributed by atoms with E-state index in [0.717, 1.165) is 25.7 Å². The number of carbonyl (C=O) groups excluding carboxylic acids is 2. The standard InChI is InChI=1S/C27H40O5/c1-17(10-11-22(29)21-14-25(30)31-16-21)12-13-26(5)19(3)23(32-20(4)28)15-27(6)18(2)8-7-9-24(26)27/h10,14,19,22-24,29H,2,7-9,11-13,15-16H2,1,3-6H3/b17-10+/t19-,22?,23?,24?,26+,27+/m0/s1. The van der Waals surface area contributed by atoms with Crippen LogP contribution in [0.5, 0.6) is 0 Å². The number of rotatable bonds is 7. The third kappa shape index (κ3) is 4.88. The van der Waals surface area contributed by atoms with E-state index >= 15 is 0 Å². The first kappa shape index (κ1) is 24.8. The minimum absolute atomic E-state index is 0.00503. The van der Waals surface area contributed by atoms with Gasteiger partial charge >= 0.3 is 11.9 Å². The van der Waals surface area contributed by atoms with Crippen molar-refractivity contribution in [3.8, 4) is 0 Å². The first-order valence-electron chi connectivity index (χ1n) is 12.0. The second-order valence-electron chi connectivity index (χ2n) is 10.7. The molecule has 178 valence electrons. The van der Waals surface area contributed by atoms with Crippen LogP contribution < -0.4 is 0 Å². The Morgan fingerprint density at radius 2 is 2.12 bits per heavy atom. The van der Waals surface area contributed by atoms with Gasteiger partial charge in [0.2, 0.25) is 0 Å². The van der Waals surface area contributed by atoms with Gasteiger partial charge in [0.25, 0.3) is 0 Å². The van der Waals surface area contributed by atoms with Crippen LogP contribution in [-0.2, 0) is 19.1 Å². The van der Waals surface area contributed by atoms with Crippen molar-refractivity contribution in [2.45, 2.75) is 91.8 Å². The Kier molecular flexibility index (Phi) is 7.38. The summed E-state index contributed by atoms with van der Waals surface area (Å²) in [5.41, 5.74) is 3.20. The van der Waals surface area contributed by atoms with Gasteiger partial charge in [0.15, 0.2) is 0 Å². The fourth-order valence-electron chi connectivity index (χ4n) is 6.42. The Balaban J connectivity index is 1.74. The van der Waals surface area contributed by atoms with Crippen LogP contribution in [0.1, 0.15) is 79.6 Å². The highest BCUT2D eigenvalue weighted by Crippen LogP contribution is 2.63. The van der Waals surface area contributed by atoms with Crippen LogP contribution in [0.4, 0.5) is 0 Å². The van der Waals surface area contributed by atoms with Gasteiger partial charge in [0.05, 0.1) is 6.10 Å². The van der Waals surface area contributed by atoms with Crippen LogP contribution in [0.2, 0.25) is 0 Å². The molecule has 1 heterocycles. The summed E-state index contributed by atoms with van der Waals surface area (Å²) in [5.74, 6) is 0.198. The lowest BCUT2D eigenvalue weighted by Gasteiger charge is -2.60. The fourth-order valence-corrected chi connectivity index (χ4v) is 6.42. The van der Waals surface area contributed by atoms with Crippen molar-refractivity contribution in [2.75, 3.05) is 6.61 Å². The molecule has 2 saturated carbocycles. The number of ether oxygens (including phenoxy) is 2. The van der Waals surface area contributed by atoms with Crippen molar-refractivity contribution in [2.24, 2.45) is 22.7 Å². The van der Waals surface area contributed by atoms with Gasteiger partial charge in [-0.2, -0.15) is 0 Å². The molecule has 0 amide bonds. The van der Waals surface area contributed by atoms with Crippen molar-refractivity contribution in [1.29, 1.82) is 0 Å². The Labute approximate surface area is 192 Å². The van der Waals surface area contributed by atoms with Gasteiger partial charge in [-0.15, -0.1) is 0 Å². The van der Waals surface area contributed by atoms with E-state index in [9.17, 15) is 14.7 Å². The van der Waals surface area contributed by atoms with Crippen molar-refractivity contribution >= 4 is 11.9 Å². The molecule has 3 aliphatic rings. The second kappa shape index (κ2) is 9.54. The Bertz CT molecular complexity index is 824. The van der Waals surface area contributed by atoms with E-state index in [2.05, 4.69) is 40.3 Å². The van der Waals surface area contributed by atoms with Crippen molar-refractivity contribution in [3.05, 3.63) is 35.5 Å². The maximum Gasteiger partial charge on any atom is 0.331 e. The first-order chi connectivity index (χ1) is 15.0. The summed E-state index contributed by atoms with van der Waals surface area (Å²) in [6, 6.07) is 0. The molecule has 0 aromatic rings. The molecule has 0 radical (unpaired) electrons. The molecule has 3 unspecified atom stereocenters. The summed E-state index contributed by atoms with van der Waals surface area (Å²) in [5, 5.41) is 10.4. The molecule has 2 aliphatic carbocycles.